The molecule has 19 heavy (non-hydrogen) atoms. The predicted molar refractivity (Wildman–Crippen MR) is 80.1 cm³/mol. The summed E-state index contributed by atoms with van der Waals surface area (Å²) in [7, 11) is 0. The number of benzene rings is 1. The third-order valence-corrected chi connectivity index (χ3v) is 5.63. The van der Waals surface area contributed by atoms with Crippen molar-refractivity contribution < 1.29 is 4.48 Å². The van der Waals surface area contributed by atoms with E-state index in [1.54, 1.807) is 0 Å². The van der Waals surface area contributed by atoms with Crippen LogP contribution in [0.2, 0.25) is 0 Å². The smallest absolute Gasteiger partial charge is 0.154 e. The van der Waals surface area contributed by atoms with E-state index in [1.807, 2.05) is 0 Å². The number of alkyl halides is 1. The van der Waals surface area contributed by atoms with Gasteiger partial charge in [-0.25, -0.2) is 0 Å². The van der Waals surface area contributed by atoms with Crippen molar-refractivity contribution in [3.8, 4) is 0 Å². The van der Waals surface area contributed by atoms with Crippen molar-refractivity contribution in [2.24, 2.45) is 5.92 Å². The number of halogens is 1. The third kappa shape index (κ3) is 2.67. The van der Waals surface area contributed by atoms with E-state index in [4.69, 9.17) is 11.6 Å². The van der Waals surface area contributed by atoms with Crippen molar-refractivity contribution in [3.05, 3.63) is 35.9 Å². The summed E-state index contributed by atoms with van der Waals surface area (Å²) in [5.41, 5.74) is 1.39. The van der Waals surface area contributed by atoms with Crippen LogP contribution in [0, 0.1) is 5.92 Å². The Labute approximate surface area is 121 Å². The van der Waals surface area contributed by atoms with Gasteiger partial charge in [-0.2, -0.15) is 0 Å². The molecule has 3 aliphatic heterocycles. The Hall–Kier alpha value is -0.570. The van der Waals surface area contributed by atoms with Crippen molar-refractivity contribution >= 4 is 11.6 Å². The average Bonchev–Trinajstić information content (AvgIpc) is 2.49. The molecular formula is C16H24ClN2+. The topological polar surface area (TPSA) is 12.0 Å². The number of fused-ring (bicyclic) bond motifs is 3. The zero-order valence-electron chi connectivity index (χ0n) is 11.7. The normalized spacial score (nSPS) is 35.3. The van der Waals surface area contributed by atoms with Crippen molar-refractivity contribution in [1.82, 2.24) is 5.32 Å². The maximum Gasteiger partial charge on any atom is 0.154 e. The Morgan fingerprint density at radius 1 is 1.26 bits per heavy atom. The van der Waals surface area contributed by atoms with Crippen molar-refractivity contribution in [2.45, 2.75) is 31.8 Å². The fraction of sp³-hybridized carbons (Fsp3) is 0.625. The minimum atomic E-state index is 0.433. The second kappa shape index (κ2) is 5.43. The van der Waals surface area contributed by atoms with E-state index in [9.17, 15) is 0 Å². The lowest BCUT2D eigenvalue weighted by Gasteiger charge is -2.52. The molecule has 1 N–H and O–H groups in total. The molecule has 4 rings (SSSR count). The highest BCUT2D eigenvalue weighted by Crippen LogP contribution is 2.35. The molecule has 3 heterocycles. The van der Waals surface area contributed by atoms with Crippen LogP contribution in [0.3, 0.4) is 0 Å². The number of hydrogen-bond donors (Lipinski definition) is 1. The van der Waals surface area contributed by atoms with Crippen molar-refractivity contribution in [1.29, 1.82) is 0 Å². The molecule has 2 nitrogen and oxygen atoms in total. The van der Waals surface area contributed by atoms with Gasteiger partial charge in [-0.3, -0.25) is 0 Å². The van der Waals surface area contributed by atoms with Crippen LogP contribution in [-0.4, -0.2) is 36.2 Å². The number of nitrogens with zero attached hydrogens (tertiary/aromatic N) is 1. The van der Waals surface area contributed by atoms with E-state index >= 15 is 0 Å². The van der Waals surface area contributed by atoms with Crippen LogP contribution < -0.4 is 5.32 Å². The Bertz CT molecular complexity index is 412. The lowest BCUT2D eigenvalue weighted by Crippen LogP contribution is -2.66. The second-order valence-electron chi connectivity index (χ2n) is 6.33. The lowest BCUT2D eigenvalue weighted by atomic mass is 9.81. The molecule has 2 unspecified atom stereocenters. The zero-order valence-corrected chi connectivity index (χ0v) is 12.4. The van der Waals surface area contributed by atoms with Gasteiger partial charge in [-0.05, 0) is 18.4 Å². The summed E-state index contributed by atoms with van der Waals surface area (Å²) in [5, 5.41) is 3.85. The highest BCUT2D eigenvalue weighted by atomic mass is 35.5. The SMILES string of the molecule is CC(NC1C[N+]2(CCl)CCC1CC2)c1ccccc1. The fourth-order valence-corrected chi connectivity index (χ4v) is 4.14. The summed E-state index contributed by atoms with van der Waals surface area (Å²) in [5.74, 6) is 0.856. The molecule has 2 bridgehead atoms. The summed E-state index contributed by atoms with van der Waals surface area (Å²) >= 11 is 6.23. The highest BCUT2D eigenvalue weighted by Gasteiger charge is 2.45. The second-order valence-corrected chi connectivity index (χ2v) is 6.57. The van der Waals surface area contributed by atoms with E-state index in [-0.39, 0.29) is 0 Å². The van der Waals surface area contributed by atoms with Crippen LogP contribution in [-0.2, 0) is 0 Å². The Morgan fingerprint density at radius 2 is 1.95 bits per heavy atom. The molecule has 2 atom stereocenters. The molecule has 0 aliphatic carbocycles. The van der Waals surface area contributed by atoms with Crippen LogP contribution >= 0.6 is 11.6 Å². The largest absolute Gasteiger partial charge is 0.310 e. The molecule has 104 valence electrons. The number of quaternary nitrogens is 1. The van der Waals surface area contributed by atoms with Crippen molar-refractivity contribution in [3.63, 3.8) is 0 Å². The van der Waals surface area contributed by atoms with Crippen molar-refractivity contribution in [2.75, 3.05) is 25.6 Å². The van der Waals surface area contributed by atoms with Gasteiger partial charge in [0.05, 0.1) is 25.7 Å². The van der Waals surface area contributed by atoms with E-state index in [1.165, 1.54) is 38.0 Å². The average molecular weight is 280 g/mol. The first-order valence-corrected chi connectivity index (χ1v) is 7.98. The summed E-state index contributed by atoms with van der Waals surface area (Å²) in [6.07, 6.45) is 2.68. The number of rotatable bonds is 4. The zero-order chi connectivity index (χ0) is 13.3. The lowest BCUT2D eigenvalue weighted by molar-refractivity contribution is -0.934. The van der Waals surface area contributed by atoms with E-state index < -0.39 is 0 Å². The minimum Gasteiger partial charge on any atom is -0.310 e. The van der Waals surface area contributed by atoms with Crippen LogP contribution in [0.15, 0.2) is 30.3 Å². The number of nitrogens with one attached hydrogen (secondary N) is 1. The predicted octanol–water partition coefficient (Wildman–Crippen LogP) is 3.14. The van der Waals surface area contributed by atoms with Gasteiger partial charge in [0.25, 0.3) is 0 Å². The van der Waals surface area contributed by atoms with Gasteiger partial charge in [0.2, 0.25) is 0 Å². The van der Waals surface area contributed by atoms with Crippen LogP contribution in [0.1, 0.15) is 31.4 Å². The molecule has 1 aromatic rings. The maximum atomic E-state index is 6.23. The molecule has 1 aromatic carbocycles. The molecule has 3 heteroatoms. The molecule has 0 radical (unpaired) electrons. The summed E-state index contributed by atoms with van der Waals surface area (Å²) in [4.78, 5) is 0. The van der Waals surface area contributed by atoms with Gasteiger partial charge in [-0.15, -0.1) is 0 Å². The minimum absolute atomic E-state index is 0.433. The quantitative estimate of drug-likeness (QED) is 0.507. The molecule has 0 amide bonds. The molecule has 3 fully saturated rings. The highest BCUT2D eigenvalue weighted by molar-refractivity contribution is 6.17. The van der Waals surface area contributed by atoms with E-state index in [0.29, 0.717) is 12.1 Å². The van der Waals surface area contributed by atoms with Gasteiger partial charge in [0, 0.05) is 18.9 Å². The van der Waals surface area contributed by atoms with Gasteiger partial charge < -0.3 is 9.80 Å². The van der Waals surface area contributed by atoms with Crippen LogP contribution in [0.5, 0.6) is 0 Å². The van der Waals surface area contributed by atoms with Crippen LogP contribution in [0.4, 0.5) is 0 Å². The summed E-state index contributed by atoms with van der Waals surface area (Å²) < 4.78 is 1.12. The van der Waals surface area contributed by atoms with E-state index in [2.05, 4.69) is 42.6 Å². The van der Waals surface area contributed by atoms with Gasteiger partial charge in [-0.1, -0.05) is 41.9 Å². The first kappa shape index (κ1) is 13.4. The van der Waals surface area contributed by atoms with Gasteiger partial charge in [0.15, 0.2) is 6.00 Å². The third-order valence-electron chi connectivity index (χ3n) is 5.12. The maximum absolute atomic E-state index is 6.23. The van der Waals surface area contributed by atoms with Gasteiger partial charge in [0.1, 0.15) is 0 Å². The molecule has 0 aromatic heterocycles. The molecule has 0 spiro atoms. The first-order valence-electron chi connectivity index (χ1n) is 7.44. The molecule has 0 saturated carbocycles. The summed E-state index contributed by atoms with van der Waals surface area (Å²) in [6.45, 7) is 6.06. The molecule has 3 saturated heterocycles. The monoisotopic (exact) mass is 279 g/mol. The Balaban J connectivity index is 1.67. The fourth-order valence-electron chi connectivity index (χ4n) is 3.80. The molecular weight excluding hydrogens is 256 g/mol. The Kier molecular flexibility index (Phi) is 3.84. The molecule has 3 aliphatic rings. The van der Waals surface area contributed by atoms with Crippen LogP contribution in [0.25, 0.3) is 0 Å². The van der Waals surface area contributed by atoms with E-state index in [0.717, 1.165) is 16.4 Å². The Morgan fingerprint density at radius 3 is 2.58 bits per heavy atom. The standard InChI is InChI=1S/C16H24ClN2/c1-13(14-5-3-2-4-6-14)18-16-11-19(12-17)9-7-15(16)8-10-19/h2-6,13,15-16,18H,7-12H2,1H3/q+1. The summed E-state index contributed by atoms with van der Waals surface area (Å²) in [6, 6.07) is 12.6. The number of piperidine rings is 3. The number of hydrogen-bond acceptors (Lipinski definition) is 1. The first-order chi connectivity index (χ1) is 9.22. The van der Waals surface area contributed by atoms with Gasteiger partial charge >= 0.3 is 0 Å².